The number of piperazine rings is 1. The molecule has 0 aromatic heterocycles. The number of nitrogens with zero attached hydrogens (tertiary/aromatic N) is 2. The first kappa shape index (κ1) is 16.8. The zero-order chi connectivity index (χ0) is 14.8. The van der Waals surface area contributed by atoms with Crippen LogP contribution in [0.1, 0.15) is 18.9 Å². The Bertz CT molecular complexity index is 564. The largest absolute Gasteiger partial charge is 0.336 e. The lowest BCUT2D eigenvalue weighted by molar-refractivity contribution is -0.134. The summed E-state index contributed by atoms with van der Waals surface area (Å²) in [5.41, 5.74) is 2.04. The van der Waals surface area contributed by atoms with Gasteiger partial charge in [-0.1, -0.05) is 18.2 Å². The van der Waals surface area contributed by atoms with Gasteiger partial charge in [-0.15, -0.1) is 12.4 Å². The number of rotatable bonds is 2. The van der Waals surface area contributed by atoms with Crippen molar-refractivity contribution in [2.24, 2.45) is 0 Å². The SMILES string of the molecule is C[C@@H]1CNCCN1C(=O)CN1C(=O)CCc2ccccc21.Cl. The lowest BCUT2D eigenvalue weighted by atomic mass is 10.0. The van der Waals surface area contributed by atoms with Crippen LogP contribution in [0.4, 0.5) is 5.69 Å². The minimum atomic E-state index is 0. The van der Waals surface area contributed by atoms with Crippen molar-refractivity contribution in [3.8, 4) is 0 Å². The summed E-state index contributed by atoms with van der Waals surface area (Å²) in [6.07, 6.45) is 1.26. The maximum Gasteiger partial charge on any atom is 0.242 e. The van der Waals surface area contributed by atoms with Crippen LogP contribution in [0.25, 0.3) is 0 Å². The molecule has 0 spiro atoms. The molecule has 1 fully saturated rings. The minimum Gasteiger partial charge on any atom is -0.336 e. The molecule has 1 aromatic carbocycles. The zero-order valence-electron chi connectivity index (χ0n) is 12.7. The van der Waals surface area contributed by atoms with Crippen LogP contribution in [-0.2, 0) is 16.0 Å². The number of carbonyl (C=O) groups excluding carboxylic acids is 2. The highest BCUT2D eigenvalue weighted by Crippen LogP contribution is 2.27. The van der Waals surface area contributed by atoms with Gasteiger partial charge in [0.25, 0.3) is 0 Å². The van der Waals surface area contributed by atoms with Gasteiger partial charge in [0.2, 0.25) is 11.8 Å². The average molecular weight is 324 g/mol. The molecule has 5 nitrogen and oxygen atoms in total. The Labute approximate surface area is 137 Å². The zero-order valence-corrected chi connectivity index (χ0v) is 13.6. The summed E-state index contributed by atoms with van der Waals surface area (Å²) in [5.74, 6) is 0.0823. The number of para-hydroxylation sites is 1. The van der Waals surface area contributed by atoms with E-state index in [1.807, 2.05) is 36.1 Å². The third-order valence-electron chi connectivity index (χ3n) is 4.31. The van der Waals surface area contributed by atoms with E-state index in [2.05, 4.69) is 5.32 Å². The number of anilines is 1. The van der Waals surface area contributed by atoms with Gasteiger partial charge in [0, 0.05) is 37.8 Å². The molecule has 22 heavy (non-hydrogen) atoms. The second-order valence-electron chi connectivity index (χ2n) is 5.75. The molecule has 3 rings (SSSR count). The molecule has 1 aromatic rings. The molecule has 6 heteroatoms. The molecule has 1 atom stereocenters. The van der Waals surface area contributed by atoms with Crippen LogP contribution in [0.5, 0.6) is 0 Å². The molecule has 1 saturated heterocycles. The van der Waals surface area contributed by atoms with Crippen molar-refractivity contribution < 1.29 is 9.59 Å². The Kier molecular flexibility index (Phi) is 5.42. The van der Waals surface area contributed by atoms with E-state index < -0.39 is 0 Å². The van der Waals surface area contributed by atoms with Gasteiger partial charge in [-0.3, -0.25) is 9.59 Å². The molecule has 0 bridgehead atoms. The molecule has 2 heterocycles. The molecule has 0 saturated carbocycles. The predicted molar refractivity (Wildman–Crippen MR) is 88.4 cm³/mol. The highest BCUT2D eigenvalue weighted by atomic mass is 35.5. The third-order valence-corrected chi connectivity index (χ3v) is 4.31. The number of carbonyl (C=O) groups is 2. The van der Waals surface area contributed by atoms with Gasteiger partial charge in [-0.2, -0.15) is 0 Å². The quantitative estimate of drug-likeness (QED) is 0.890. The average Bonchev–Trinajstić information content (AvgIpc) is 2.50. The Morgan fingerprint density at radius 1 is 1.32 bits per heavy atom. The Morgan fingerprint density at radius 2 is 2.09 bits per heavy atom. The molecule has 0 unspecified atom stereocenters. The fraction of sp³-hybridized carbons (Fsp3) is 0.500. The van der Waals surface area contributed by atoms with E-state index in [0.717, 1.165) is 30.8 Å². The minimum absolute atomic E-state index is 0. The summed E-state index contributed by atoms with van der Waals surface area (Å²) >= 11 is 0. The molecule has 120 valence electrons. The summed E-state index contributed by atoms with van der Waals surface area (Å²) in [6, 6.07) is 8.05. The van der Waals surface area contributed by atoms with Crippen molar-refractivity contribution in [2.75, 3.05) is 31.1 Å². The number of aryl methyl sites for hydroxylation is 1. The highest BCUT2D eigenvalue weighted by molar-refractivity contribution is 6.01. The lowest BCUT2D eigenvalue weighted by Crippen LogP contribution is -2.55. The Morgan fingerprint density at radius 3 is 2.86 bits per heavy atom. The first-order valence-electron chi connectivity index (χ1n) is 7.55. The Balaban J connectivity index is 0.00000176. The van der Waals surface area contributed by atoms with E-state index in [-0.39, 0.29) is 36.8 Å². The number of amides is 2. The van der Waals surface area contributed by atoms with Crippen LogP contribution in [0.3, 0.4) is 0 Å². The fourth-order valence-electron chi connectivity index (χ4n) is 3.11. The van der Waals surface area contributed by atoms with E-state index in [4.69, 9.17) is 0 Å². The maximum atomic E-state index is 12.5. The van der Waals surface area contributed by atoms with Crippen LogP contribution in [0.15, 0.2) is 24.3 Å². The number of halogens is 1. The van der Waals surface area contributed by atoms with Gasteiger partial charge in [0.1, 0.15) is 6.54 Å². The van der Waals surface area contributed by atoms with Crippen molar-refractivity contribution in [2.45, 2.75) is 25.8 Å². The van der Waals surface area contributed by atoms with Crippen molar-refractivity contribution in [1.29, 1.82) is 0 Å². The van der Waals surface area contributed by atoms with Crippen molar-refractivity contribution in [1.82, 2.24) is 10.2 Å². The number of hydrogen-bond donors (Lipinski definition) is 1. The summed E-state index contributed by atoms with van der Waals surface area (Å²) < 4.78 is 0. The second kappa shape index (κ2) is 7.11. The molecule has 2 aliphatic rings. The van der Waals surface area contributed by atoms with Crippen LogP contribution in [-0.4, -0.2) is 48.9 Å². The van der Waals surface area contributed by atoms with Crippen molar-refractivity contribution in [3.63, 3.8) is 0 Å². The van der Waals surface area contributed by atoms with E-state index in [9.17, 15) is 9.59 Å². The van der Waals surface area contributed by atoms with Crippen molar-refractivity contribution in [3.05, 3.63) is 29.8 Å². The molecule has 2 aliphatic heterocycles. The first-order valence-corrected chi connectivity index (χ1v) is 7.55. The molecule has 0 radical (unpaired) electrons. The molecule has 1 N–H and O–H groups in total. The first-order chi connectivity index (χ1) is 10.2. The number of benzene rings is 1. The van der Waals surface area contributed by atoms with Gasteiger partial charge in [0.15, 0.2) is 0 Å². The fourth-order valence-corrected chi connectivity index (χ4v) is 3.11. The molecule has 2 amide bonds. The number of hydrogen-bond acceptors (Lipinski definition) is 3. The summed E-state index contributed by atoms with van der Waals surface area (Å²) in [6.45, 7) is 4.54. The van der Waals surface area contributed by atoms with E-state index >= 15 is 0 Å². The van der Waals surface area contributed by atoms with Crippen LogP contribution < -0.4 is 10.2 Å². The van der Waals surface area contributed by atoms with E-state index in [0.29, 0.717) is 13.0 Å². The topological polar surface area (TPSA) is 52.7 Å². The van der Waals surface area contributed by atoms with Gasteiger partial charge < -0.3 is 15.1 Å². The molecular formula is C16H22ClN3O2. The van der Waals surface area contributed by atoms with E-state index in [1.54, 1.807) is 4.90 Å². The highest BCUT2D eigenvalue weighted by Gasteiger charge is 2.29. The monoisotopic (exact) mass is 323 g/mol. The van der Waals surface area contributed by atoms with E-state index in [1.165, 1.54) is 0 Å². The van der Waals surface area contributed by atoms with Crippen LogP contribution in [0, 0.1) is 0 Å². The van der Waals surface area contributed by atoms with Gasteiger partial charge >= 0.3 is 0 Å². The number of nitrogens with one attached hydrogen (secondary N) is 1. The van der Waals surface area contributed by atoms with Crippen LogP contribution in [0.2, 0.25) is 0 Å². The van der Waals surface area contributed by atoms with Gasteiger partial charge in [0.05, 0.1) is 0 Å². The van der Waals surface area contributed by atoms with Crippen LogP contribution >= 0.6 is 12.4 Å². The van der Waals surface area contributed by atoms with Gasteiger partial charge in [-0.25, -0.2) is 0 Å². The number of fused-ring (bicyclic) bond motifs is 1. The summed E-state index contributed by atoms with van der Waals surface area (Å²) in [4.78, 5) is 28.3. The molecular weight excluding hydrogens is 302 g/mol. The maximum absolute atomic E-state index is 12.5. The van der Waals surface area contributed by atoms with Gasteiger partial charge in [-0.05, 0) is 25.0 Å². The summed E-state index contributed by atoms with van der Waals surface area (Å²) in [7, 11) is 0. The Hall–Kier alpha value is -1.59. The summed E-state index contributed by atoms with van der Waals surface area (Å²) in [5, 5.41) is 3.27. The normalized spacial score (nSPS) is 21.1. The predicted octanol–water partition coefficient (Wildman–Crippen LogP) is 1.21. The third kappa shape index (κ3) is 3.25. The second-order valence-corrected chi connectivity index (χ2v) is 5.75. The smallest absolute Gasteiger partial charge is 0.242 e. The van der Waals surface area contributed by atoms with Crippen molar-refractivity contribution >= 4 is 29.9 Å². The lowest BCUT2D eigenvalue weighted by Gasteiger charge is -2.36. The molecule has 0 aliphatic carbocycles. The standard InChI is InChI=1S/C16H21N3O2.ClH/c1-12-10-17-8-9-18(12)16(21)11-19-14-5-3-2-4-13(14)6-7-15(19)20;/h2-5,12,17H,6-11H2,1H3;1H/t12-;/m1./s1.